The summed E-state index contributed by atoms with van der Waals surface area (Å²) in [7, 11) is 1.83. The lowest BCUT2D eigenvalue weighted by Crippen LogP contribution is -2.50. The number of carbonyl (C=O) groups excluding carboxylic acids is 1. The third-order valence-electron chi connectivity index (χ3n) is 5.94. The molecular weight excluding hydrogens is 416 g/mol. The second kappa shape index (κ2) is 11.7. The first-order valence-electron chi connectivity index (χ1n) is 11.7. The molecule has 3 heterocycles. The van der Waals surface area contributed by atoms with E-state index in [4.69, 9.17) is 0 Å². The second-order valence-electron chi connectivity index (χ2n) is 8.61. The number of pyridine rings is 2. The first-order valence-corrected chi connectivity index (χ1v) is 11.7. The molecule has 1 saturated heterocycles. The van der Waals surface area contributed by atoms with Crippen LogP contribution >= 0.6 is 0 Å². The highest BCUT2D eigenvalue weighted by molar-refractivity contribution is 5.87. The van der Waals surface area contributed by atoms with Crippen molar-refractivity contribution in [2.75, 3.05) is 43.4 Å². The molecule has 8 heteroatoms. The maximum atomic E-state index is 12.8. The number of amides is 1. The van der Waals surface area contributed by atoms with Crippen LogP contribution in [0.3, 0.4) is 0 Å². The summed E-state index contributed by atoms with van der Waals surface area (Å²) in [5.74, 6) is 0.797. The highest BCUT2D eigenvalue weighted by atomic mass is 16.2. The summed E-state index contributed by atoms with van der Waals surface area (Å²) >= 11 is 0. The Morgan fingerprint density at radius 2 is 2.18 bits per heavy atom. The summed E-state index contributed by atoms with van der Waals surface area (Å²) < 4.78 is 0. The molecule has 1 fully saturated rings. The molecule has 0 radical (unpaired) electrons. The number of carbonyl (C=O) groups is 1. The van der Waals surface area contributed by atoms with Crippen LogP contribution < -0.4 is 21.1 Å². The lowest BCUT2D eigenvalue weighted by Gasteiger charge is -2.39. The van der Waals surface area contributed by atoms with E-state index >= 15 is 0 Å². The van der Waals surface area contributed by atoms with Gasteiger partial charge in [0, 0.05) is 69.3 Å². The zero-order valence-corrected chi connectivity index (χ0v) is 20.1. The van der Waals surface area contributed by atoms with Crippen LogP contribution in [-0.2, 0) is 4.79 Å². The van der Waals surface area contributed by atoms with Gasteiger partial charge in [0.2, 0.25) is 5.91 Å². The molecule has 1 aliphatic heterocycles. The smallest absolute Gasteiger partial charge is 0.271 e. The van der Waals surface area contributed by atoms with Gasteiger partial charge in [0.25, 0.3) is 5.56 Å². The van der Waals surface area contributed by atoms with Crippen LogP contribution in [0.2, 0.25) is 0 Å². The van der Waals surface area contributed by atoms with Gasteiger partial charge in [-0.25, -0.2) is 4.98 Å². The zero-order valence-electron chi connectivity index (χ0n) is 20.1. The molecule has 1 amide bonds. The molecule has 3 rings (SSSR count). The number of likely N-dealkylation sites (N-methyl/N-ethyl adjacent to an activating group) is 1. The summed E-state index contributed by atoms with van der Waals surface area (Å²) in [6, 6.07) is 6.30. The normalized spacial score (nSPS) is 16.4. The minimum atomic E-state index is -0.119. The number of hydrogen-bond donors (Lipinski definition) is 3. The Morgan fingerprint density at radius 3 is 2.91 bits per heavy atom. The van der Waals surface area contributed by atoms with Crippen molar-refractivity contribution in [1.82, 2.24) is 20.2 Å². The number of nitrogens with zero attached hydrogens (tertiary/aromatic N) is 3. The Hall–Kier alpha value is -3.13. The maximum absolute atomic E-state index is 12.8. The fourth-order valence-corrected chi connectivity index (χ4v) is 4.20. The number of H-pyrrole nitrogens is 1. The summed E-state index contributed by atoms with van der Waals surface area (Å²) in [6.07, 6.45) is 8.88. The molecule has 178 valence electrons. The van der Waals surface area contributed by atoms with Crippen molar-refractivity contribution in [2.45, 2.75) is 45.7 Å². The standard InChI is InChI=1S/C25H36N6O2/c1-5-31(21-8-7-13-30(17-21)24(32)9-6-11-27-18(2)3)22-14-20(16-29-25(22)33)19-10-12-28-23(15-19)26-4/h6,9-10,12,14-16,18,21,27H,5,7-8,11,13,17H2,1-4H3,(H,26,28)(H,29,33)/t21-/m1/s1. The third-order valence-corrected chi connectivity index (χ3v) is 5.94. The molecule has 1 atom stereocenters. The largest absolute Gasteiger partial charge is 0.373 e. The van der Waals surface area contributed by atoms with E-state index in [1.165, 1.54) is 0 Å². The predicted molar refractivity (Wildman–Crippen MR) is 135 cm³/mol. The first kappa shape index (κ1) is 24.5. The van der Waals surface area contributed by atoms with Crippen molar-refractivity contribution >= 4 is 17.4 Å². The third kappa shape index (κ3) is 6.44. The van der Waals surface area contributed by atoms with Crippen LogP contribution in [0.1, 0.15) is 33.6 Å². The van der Waals surface area contributed by atoms with E-state index in [2.05, 4.69) is 46.3 Å². The molecule has 0 bridgehead atoms. The summed E-state index contributed by atoms with van der Waals surface area (Å²) in [4.78, 5) is 36.7. The van der Waals surface area contributed by atoms with Gasteiger partial charge in [-0.15, -0.1) is 0 Å². The number of rotatable bonds is 9. The van der Waals surface area contributed by atoms with Gasteiger partial charge in [0.05, 0.1) is 0 Å². The van der Waals surface area contributed by atoms with Crippen LogP contribution in [0.5, 0.6) is 0 Å². The Kier molecular flexibility index (Phi) is 8.65. The molecule has 0 spiro atoms. The average molecular weight is 453 g/mol. The van der Waals surface area contributed by atoms with Crippen LogP contribution in [-0.4, -0.2) is 66.1 Å². The van der Waals surface area contributed by atoms with Gasteiger partial charge in [0.15, 0.2) is 0 Å². The van der Waals surface area contributed by atoms with E-state index in [0.717, 1.165) is 36.3 Å². The Morgan fingerprint density at radius 1 is 1.36 bits per heavy atom. The van der Waals surface area contributed by atoms with E-state index in [1.807, 2.05) is 36.2 Å². The lowest BCUT2D eigenvalue weighted by molar-refractivity contribution is -0.127. The molecule has 33 heavy (non-hydrogen) atoms. The molecule has 0 aromatic carbocycles. The fourth-order valence-electron chi connectivity index (χ4n) is 4.20. The van der Waals surface area contributed by atoms with Crippen LogP contribution in [0.25, 0.3) is 11.1 Å². The van der Waals surface area contributed by atoms with E-state index in [1.54, 1.807) is 18.5 Å². The molecule has 0 unspecified atom stereocenters. The molecule has 2 aromatic heterocycles. The topological polar surface area (TPSA) is 93.4 Å². The van der Waals surface area contributed by atoms with Gasteiger partial charge in [-0.1, -0.05) is 19.9 Å². The quantitative estimate of drug-likeness (QED) is 0.507. The number of anilines is 2. The lowest BCUT2D eigenvalue weighted by atomic mass is 10.0. The number of likely N-dealkylation sites (tertiary alicyclic amines) is 1. The average Bonchev–Trinajstić information content (AvgIpc) is 2.83. The van der Waals surface area contributed by atoms with Crippen molar-refractivity contribution in [2.24, 2.45) is 0 Å². The number of nitrogens with one attached hydrogen (secondary N) is 3. The summed E-state index contributed by atoms with van der Waals surface area (Å²) in [6.45, 7) is 8.92. The van der Waals surface area contributed by atoms with Gasteiger partial charge in [-0.2, -0.15) is 0 Å². The van der Waals surface area contributed by atoms with Crippen molar-refractivity contribution in [1.29, 1.82) is 0 Å². The maximum Gasteiger partial charge on any atom is 0.271 e. The molecule has 2 aromatic rings. The van der Waals surface area contributed by atoms with Gasteiger partial charge in [-0.05, 0) is 43.5 Å². The molecule has 3 N–H and O–H groups in total. The molecule has 0 saturated carbocycles. The Bertz CT molecular complexity index is 1020. The van der Waals surface area contributed by atoms with Crippen molar-refractivity contribution in [3.63, 3.8) is 0 Å². The predicted octanol–water partition coefficient (Wildman–Crippen LogP) is 2.85. The van der Waals surface area contributed by atoms with Gasteiger partial charge < -0.3 is 25.4 Å². The van der Waals surface area contributed by atoms with Gasteiger partial charge in [-0.3, -0.25) is 9.59 Å². The number of aromatic nitrogens is 2. The van der Waals surface area contributed by atoms with Crippen molar-refractivity contribution < 1.29 is 4.79 Å². The first-order chi connectivity index (χ1) is 15.9. The van der Waals surface area contributed by atoms with Gasteiger partial charge in [0.1, 0.15) is 11.5 Å². The molecule has 8 nitrogen and oxygen atoms in total. The fraction of sp³-hybridized carbons (Fsp3) is 0.480. The Labute approximate surface area is 196 Å². The summed E-state index contributed by atoms with van der Waals surface area (Å²) in [5, 5.41) is 6.33. The second-order valence-corrected chi connectivity index (χ2v) is 8.61. The van der Waals surface area contributed by atoms with Gasteiger partial charge >= 0.3 is 0 Å². The van der Waals surface area contributed by atoms with E-state index < -0.39 is 0 Å². The zero-order chi connectivity index (χ0) is 23.8. The monoisotopic (exact) mass is 452 g/mol. The van der Waals surface area contributed by atoms with E-state index in [9.17, 15) is 9.59 Å². The molecule has 0 aliphatic carbocycles. The van der Waals surface area contributed by atoms with Crippen LogP contribution in [0.4, 0.5) is 11.5 Å². The SMILES string of the molecule is CCN(c1cc(-c2ccnc(NC)c2)c[nH]c1=O)[C@@H]1CCCN(C(=O)C=CCNC(C)C)C1. The summed E-state index contributed by atoms with van der Waals surface area (Å²) in [5.41, 5.74) is 2.41. The van der Waals surface area contributed by atoms with E-state index in [-0.39, 0.29) is 17.5 Å². The number of piperidine rings is 1. The van der Waals surface area contributed by atoms with Crippen LogP contribution in [0.15, 0.2) is 47.5 Å². The number of aromatic amines is 1. The van der Waals surface area contributed by atoms with Crippen LogP contribution in [0, 0.1) is 0 Å². The highest BCUT2D eigenvalue weighted by Gasteiger charge is 2.28. The van der Waals surface area contributed by atoms with Crippen molar-refractivity contribution in [3.05, 3.63) is 53.1 Å². The minimum absolute atomic E-state index is 0.0281. The Balaban J connectivity index is 1.78. The van der Waals surface area contributed by atoms with E-state index in [0.29, 0.717) is 31.4 Å². The molecular formula is C25H36N6O2. The van der Waals surface area contributed by atoms with Crippen molar-refractivity contribution in [3.8, 4) is 11.1 Å². The molecule has 1 aliphatic rings. The minimum Gasteiger partial charge on any atom is -0.373 e. The highest BCUT2D eigenvalue weighted by Crippen LogP contribution is 2.26. The number of hydrogen-bond acceptors (Lipinski definition) is 6.